The molecule has 0 spiro atoms. The SMILES string of the molecule is Cc1c(C(=O)N(C)CC(C)C)sc2ncnc(NCCc3ccccn3)c12. The number of nitrogens with one attached hydrogen (secondary N) is 1. The van der Waals surface area contributed by atoms with Gasteiger partial charge in [-0.25, -0.2) is 9.97 Å². The number of nitrogens with zero attached hydrogens (tertiary/aromatic N) is 4. The van der Waals surface area contributed by atoms with Crippen molar-refractivity contribution in [2.45, 2.75) is 27.2 Å². The van der Waals surface area contributed by atoms with E-state index in [4.69, 9.17) is 0 Å². The van der Waals surface area contributed by atoms with Gasteiger partial charge in [-0.3, -0.25) is 9.78 Å². The van der Waals surface area contributed by atoms with Crippen LogP contribution in [0.2, 0.25) is 0 Å². The van der Waals surface area contributed by atoms with Gasteiger partial charge in [0.15, 0.2) is 0 Å². The molecule has 0 aliphatic carbocycles. The maximum atomic E-state index is 12.8. The summed E-state index contributed by atoms with van der Waals surface area (Å²) in [4.78, 5) is 29.3. The molecule has 142 valence electrons. The van der Waals surface area contributed by atoms with Crippen molar-refractivity contribution in [3.63, 3.8) is 0 Å². The number of carbonyl (C=O) groups is 1. The van der Waals surface area contributed by atoms with Crippen LogP contribution in [0.15, 0.2) is 30.7 Å². The monoisotopic (exact) mass is 383 g/mol. The van der Waals surface area contributed by atoms with Crippen molar-refractivity contribution in [3.8, 4) is 0 Å². The highest BCUT2D eigenvalue weighted by Gasteiger charge is 2.22. The smallest absolute Gasteiger partial charge is 0.264 e. The summed E-state index contributed by atoms with van der Waals surface area (Å²) in [6.07, 6.45) is 4.15. The average molecular weight is 384 g/mol. The molecule has 7 heteroatoms. The van der Waals surface area contributed by atoms with Gasteiger partial charge in [-0.15, -0.1) is 11.3 Å². The molecule has 0 fully saturated rings. The molecule has 0 atom stereocenters. The molecule has 0 aliphatic heterocycles. The Morgan fingerprint density at radius 3 is 2.78 bits per heavy atom. The molecule has 0 radical (unpaired) electrons. The molecule has 1 N–H and O–H groups in total. The first-order valence-electron chi connectivity index (χ1n) is 9.10. The van der Waals surface area contributed by atoms with Gasteiger partial charge in [0.25, 0.3) is 5.91 Å². The topological polar surface area (TPSA) is 71.0 Å². The van der Waals surface area contributed by atoms with Gasteiger partial charge < -0.3 is 10.2 Å². The largest absolute Gasteiger partial charge is 0.369 e. The first kappa shape index (κ1) is 19.2. The van der Waals surface area contributed by atoms with Crippen LogP contribution in [0.4, 0.5) is 5.82 Å². The van der Waals surface area contributed by atoms with E-state index in [2.05, 4.69) is 34.1 Å². The molecule has 0 saturated heterocycles. The van der Waals surface area contributed by atoms with Crippen molar-refractivity contribution in [2.24, 2.45) is 5.92 Å². The number of fused-ring (bicyclic) bond motifs is 1. The molecule has 0 unspecified atom stereocenters. The fraction of sp³-hybridized carbons (Fsp3) is 0.400. The Balaban J connectivity index is 1.81. The molecule has 0 saturated carbocycles. The fourth-order valence-electron chi connectivity index (χ4n) is 3.07. The third kappa shape index (κ3) is 4.42. The summed E-state index contributed by atoms with van der Waals surface area (Å²) >= 11 is 1.44. The third-order valence-electron chi connectivity index (χ3n) is 4.31. The molecule has 0 aliphatic rings. The van der Waals surface area contributed by atoms with Crippen molar-refractivity contribution in [1.29, 1.82) is 0 Å². The van der Waals surface area contributed by atoms with E-state index in [9.17, 15) is 4.79 Å². The zero-order chi connectivity index (χ0) is 19.4. The van der Waals surface area contributed by atoms with Crippen LogP contribution in [-0.2, 0) is 6.42 Å². The molecular weight excluding hydrogens is 358 g/mol. The predicted molar refractivity (Wildman–Crippen MR) is 110 cm³/mol. The van der Waals surface area contributed by atoms with E-state index in [1.165, 1.54) is 11.3 Å². The number of pyridine rings is 1. The van der Waals surface area contributed by atoms with Crippen molar-refractivity contribution >= 4 is 33.3 Å². The number of aromatic nitrogens is 3. The lowest BCUT2D eigenvalue weighted by Crippen LogP contribution is -2.30. The molecule has 3 aromatic rings. The van der Waals surface area contributed by atoms with Crippen molar-refractivity contribution in [2.75, 3.05) is 25.5 Å². The lowest BCUT2D eigenvalue weighted by atomic mass is 10.1. The standard InChI is InChI=1S/C20H25N5OS/c1-13(2)11-25(4)20(26)17-14(3)16-18(23-12-24-19(16)27-17)22-10-8-15-7-5-6-9-21-15/h5-7,9,12-13H,8,10-11H2,1-4H3,(H,22,23,24). The molecule has 6 nitrogen and oxygen atoms in total. The van der Waals surface area contributed by atoms with E-state index >= 15 is 0 Å². The number of hydrogen-bond acceptors (Lipinski definition) is 6. The number of aryl methyl sites for hydroxylation is 1. The van der Waals surface area contributed by atoms with Crippen molar-refractivity contribution < 1.29 is 4.79 Å². The number of hydrogen-bond donors (Lipinski definition) is 1. The number of carbonyl (C=O) groups excluding carboxylic acids is 1. The highest BCUT2D eigenvalue weighted by atomic mass is 32.1. The first-order chi connectivity index (χ1) is 13.0. The highest BCUT2D eigenvalue weighted by molar-refractivity contribution is 7.20. The first-order valence-corrected chi connectivity index (χ1v) is 9.92. The van der Waals surface area contributed by atoms with E-state index in [0.29, 0.717) is 5.92 Å². The fourth-order valence-corrected chi connectivity index (χ4v) is 4.21. The van der Waals surface area contributed by atoms with E-state index in [-0.39, 0.29) is 5.91 Å². The zero-order valence-electron chi connectivity index (χ0n) is 16.2. The highest BCUT2D eigenvalue weighted by Crippen LogP contribution is 2.33. The minimum absolute atomic E-state index is 0.0450. The molecule has 3 rings (SSSR count). The number of thiophene rings is 1. The lowest BCUT2D eigenvalue weighted by Gasteiger charge is -2.18. The summed E-state index contributed by atoms with van der Waals surface area (Å²) in [6, 6.07) is 5.91. The van der Waals surface area contributed by atoms with Crippen LogP contribution >= 0.6 is 11.3 Å². The summed E-state index contributed by atoms with van der Waals surface area (Å²) in [7, 11) is 1.85. The lowest BCUT2D eigenvalue weighted by molar-refractivity contribution is 0.0783. The quantitative estimate of drug-likeness (QED) is 0.672. The third-order valence-corrected chi connectivity index (χ3v) is 5.49. The van der Waals surface area contributed by atoms with Crippen LogP contribution in [-0.4, -0.2) is 45.9 Å². The van der Waals surface area contributed by atoms with E-state index < -0.39 is 0 Å². The van der Waals surface area contributed by atoms with Gasteiger partial charge in [-0.1, -0.05) is 19.9 Å². The minimum Gasteiger partial charge on any atom is -0.369 e. The van der Waals surface area contributed by atoms with Crippen LogP contribution in [0.3, 0.4) is 0 Å². The molecule has 1 amide bonds. The summed E-state index contributed by atoms with van der Waals surface area (Å²) in [5.41, 5.74) is 1.97. The van der Waals surface area contributed by atoms with Gasteiger partial charge in [-0.2, -0.15) is 0 Å². The Labute approximate surface area is 163 Å². The van der Waals surface area contributed by atoms with Gasteiger partial charge >= 0.3 is 0 Å². The zero-order valence-corrected chi connectivity index (χ0v) is 17.0. The Bertz CT molecular complexity index is 923. The number of rotatable bonds is 7. The van der Waals surface area contributed by atoms with Gasteiger partial charge in [0, 0.05) is 38.4 Å². The molecule has 3 aromatic heterocycles. The summed E-state index contributed by atoms with van der Waals surface area (Å²) in [6.45, 7) is 7.64. The molecule has 0 bridgehead atoms. The van der Waals surface area contributed by atoms with Crippen molar-refractivity contribution in [3.05, 3.63) is 46.9 Å². The molecular formula is C20H25N5OS. The van der Waals surface area contributed by atoms with E-state index in [1.54, 1.807) is 17.4 Å². The summed E-state index contributed by atoms with van der Waals surface area (Å²) in [5, 5.41) is 4.32. The van der Waals surface area contributed by atoms with Gasteiger partial charge in [-0.05, 0) is 30.5 Å². The van der Waals surface area contributed by atoms with E-state index in [0.717, 1.165) is 51.7 Å². The predicted octanol–water partition coefficient (Wildman–Crippen LogP) is 3.78. The second-order valence-corrected chi connectivity index (χ2v) is 8.04. The van der Waals surface area contributed by atoms with Crippen LogP contribution in [0, 0.1) is 12.8 Å². The van der Waals surface area contributed by atoms with Gasteiger partial charge in [0.05, 0.1) is 10.3 Å². The van der Waals surface area contributed by atoms with E-state index in [1.807, 2.05) is 32.2 Å². The summed E-state index contributed by atoms with van der Waals surface area (Å²) < 4.78 is 0. The van der Waals surface area contributed by atoms with Crippen LogP contribution < -0.4 is 5.32 Å². The maximum absolute atomic E-state index is 12.8. The summed E-state index contributed by atoms with van der Waals surface area (Å²) in [5.74, 6) is 1.25. The van der Waals surface area contributed by atoms with Crippen LogP contribution in [0.25, 0.3) is 10.2 Å². The maximum Gasteiger partial charge on any atom is 0.264 e. The van der Waals surface area contributed by atoms with Gasteiger partial charge in [0.1, 0.15) is 17.0 Å². The van der Waals surface area contributed by atoms with Crippen LogP contribution in [0.5, 0.6) is 0 Å². The van der Waals surface area contributed by atoms with Crippen LogP contribution in [0.1, 0.15) is 34.8 Å². The average Bonchev–Trinajstić information content (AvgIpc) is 2.99. The number of anilines is 1. The number of amides is 1. The Kier molecular flexibility index (Phi) is 6.01. The van der Waals surface area contributed by atoms with Crippen molar-refractivity contribution in [1.82, 2.24) is 19.9 Å². The molecule has 27 heavy (non-hydrogen) atoms. The molecule has 0 aromatic carbocycles. The van der Waals surface area contributed by atoms with Gasteiger partial charge in [0.2, 0.25) is 0 Å². The Morgan fingerprint density at radius 1 is 1.26 bits per heavy atom. The second-order valence-electron chi connectivity index (χ2n) is 7.04. The molecule has 3 heterocycles. The normalized spacial score (nSPS) is 11.1. The second kappa shape index (κ2) is 8.43. The Morgan fingerprint density at radius 2 is 2.07 bits per heavy atom. The minimum atomic E-state index is 0.0450. The Hall–Kier alpha value is -2.54.